The van der Waals surface area contributed by atoms with Crippen LogP contribution in [-0.4, -0.2) is 8.42 Å². The van der Waals surface area contributed by atoms with Crippen LogP contribution in [0.3, 0.4) is 0 Å². The summed E-state index contributed by atoms with van der Waals surface area (Å²) >= 11 is 7.65. The van der Waals surface area contributed by atoms with E-state index in [1.54, 1.807) is 13.0 Å². The Bertz CT molecular complexity index is 728. The first-order valence-electron chi connectivity index (χ1n) is 5.03. The third-order valence-corrected chi connectivity index (χ3v) is 5.97. The summed E-state index contributed by atoms with van der Waals surface area (Å²) in [4.78, 5) is 0.781. The molecular formula is C11H8Br2FNO2S2. The molecule has 0 saturated heterocycles. The number of aryl methyl sites for hydroxylation is 1. The molecule has 0 bridgehead atoms. The number of rotatable bonds is 3. The van der Waals surface area contributed by atoms with E-state index >= 15 is 0 Å². The molecule has 0 radical (unpaired) electrons. The second-order valence-corrected chi connectivity index (χ2v) is 8.90. The molecule has 0 atom stereocenters. The highest BCUT2D eigenvalue weighted by atomic mass is 79.9. The molecule has 102 valence electrons. The van der Waals surface area contributed by atoms with Crippen molar-refractivity contribution in [2.45, 2.75) is 11.8 Å². The number of anilines is 1. The van der Waals surface area contributed by atoms with Crippen LogP contribution in [0.25, 0.3) is 0 Å². The number of hydrogen-bond acceptors (Lipinski definition) is 3. The number of hydrogen-bond donors (Lipinski definition) is 1. The highest BCUT2D eigenvalue weighted by molar-refractivity contribution is 9.11. The van der Waals surface area contributed by atoms with E-state index in [2.05, 4.69) is 36.6 Å². The van der Waals surface area contributed by atoms with Crippen molar-refractivity contribution in [1.82, 2.24) is 0 Å². The highest BCUT2D eigenvalue weighted by Gasteiger charge is 2.20. The Hall–Kier alpha value is -0.440. The van der Waals surface area contributed by atoms with Gasteiger partial charge in [-0.05, 0) is 47.1 Å². The van der Waals surface area contributed by atoms with E-state index in [4.69, 9.17) is 0 Å². The Morgan fingerprint density at radius 1 is 1.26 bits per heavy atom. The minimum Gasteiger partial charge on any atom is -0.277 e. The summed E-state index contributed by atoms with van der Waals surface area (Å²) in [5.41, 5.74) is -0.0788. The number of halogens is 3. The first kappa shape index (κ1) is 15.0. The molecule has 0 spiro atoms. The lowest BCUT2D eigenvalue weighted by Crippen LogP contribution is -2.14. The predicted molar refractivity (Wildman–Crippen MR) is 81.7 cm³/mol. The van der Waals surface area contributed by atoms with Gasteiger partial charge in [0, 0.05) is 9.35 Å². The van der Waals surface area contributed by atoms with E-state index in [0.717, 1.165) is 0 Å². The van der Waals surface area contributed by atoms with Crippen LogP contribution >= 0.6 is 43.2 Å². The Morgan fingerprint density at radius 3 is 2.47 bits per heavy atom. The van der Waals surface area contributed by atoms with Crippen LogP contribution < -0.4 is 4.72 Å². The van der Waals surface area contributed by atoms with Crippen LogP contribution in [-0.2, 0) is 10.0 Å². The summed E-state index contributed by atoms with van der Waals surface area (Å²) in [5.74, 6) is -0.634. The van der Waals surface area contributed by atoms with E-state index in [1.165, 1.54) is 29.5 Å². The molecule has 2 rings (SSSR count). The highest BCUT2D eigenvalue weighted by Crippen LogP contribution is 2.31. The van der Waals surface area contributed by atoms with E-state index in [9.17, 15) is 12.8 Å². The topological polar surface area (TPSA) is 46.2 Å². The summed E-state index contributed by atoms with van der Waals surface area (Å²) in [6.45, 7) is 1.70. The second-order valence-electron chi connectivity index (χ2n) is 3.70. The standard InChI is InChI=1S/C11H8Br2FNO2S2/c1-6-10(5-11(13)18-6)19(16,17)15-9-3-2-7(12)4-8(9)14/h2-5,15H,1H3. The van der Waals surface area contributed by atoms with E-state index in [0.29, 0.717) is 13.1 Å². The van der Waals surface area contributed by atoms with Gasteiger partial charge >= 0.3 is 0 Å². The molecule has 0 fully saturated rings. The largest absolute Gasteiger partial charge is 0.277 e. The van der Waals surface area contributed by atoms with Crippen molar-refractivity contribution in [2.24, 2.45) is 0 Å². The molecule has 0 aliphatic carbocycles. The van der Waals surface area contributed by atoms with Crippen molar-refractivity contribution in [3.05, 3.63) is 43.2 Å². The smallest absolute Gasteiger partial charge is 0.263 e. The third kappa shape index (κ3) is 3.36. The lowest BCUT2D eigenvalue weighted by atomic mass is 10.3. The molecule has 3 nitrogen and oxygen atoms in total. The van der Waals surface area contributed by atoms with E-state index < -0.39 is 15.8 Å². The maximum absolute atomic E-state index is 13.6. The van der Waals surface area contributed by atoms with Crippen molar-refractivity contribution in [3.8, 4) is 0 Å². The van der Waals surface area contributed by atoms with Gasteiger partial charge in [-0.25, -0.2) is 12.8 Å². The Kier molecular flexibility index (Phi) is 4.34. The Morgan fingerprint density at radius 2 is 1.95 bits per heavy atom. The third-order valence-electron chi connectivity index (χ3n) is 2.31. The van der Waals surface area contributed by atoms with Gasteiger partial charge in [-0.2, -0.15) is 0 Å². The molecule has 19 heavy (non-hydrogen) atoms. The molecule has 8 heteroatoms. The van der Waals surface area contributed by atoms with Crippen LogP contribution in [0.1, 0.15) is 4.88 Å². The van der Waals surface area contributed by atoms with Gasteiger partial charge in [-0.15, -0.1) is 11.3 Å². The zero-order valence-corrected chi connectivity index (χ0v) is 14.4. The maximum Gasteiger partial charge on any atom is 0.263 e. The maximum atomic E-state index is 13.6. The van der Waals surface area contributed by atoms with Crippen molar-refractivity contribution >= 4 is 58.9 Å². The molecule has 1 aromatic carbocycles. The van der Waals surface area contributed by atoms with Crippen molar-refractivity contribution < 1.29 is 12.8 Å². The molecular weight excluding hydrogens is 421 g/mol. The Balaban J connectivity index is 2.39. The van der Waals surface area contributed by atoms with Crippen molar-refractivity contribution in [1.29, 1.82) is 0 Å². The SMILES string of the molecule is Cc1sc(Br)cc1S(=O)(=O)Nc1ccc(Br)cc1F. The summed E-state index contributed by atoms with van der Waals surface area (Å²) in [6, 6.07) is 5.64. The fourth-order valence-electron chi connectivity index (χ4n) is 1.47. The summed E-state index contributed by atoms with van der Waals surface area (Å²) in [7, 11) is -3.78. The van der Waals surface area contributed by atoms with Crippen molar-refractivity contribution in [3.63, 3.8) is 0 Å². The summed E-state index contributed by atoms with van der Waals surface area (Å²) < 4.78 is 41.5. The second kappa shape index (κ2) is 5.51. The number of benzene rings is 1. The van der Waals surface area contributed by atoms with E-state index in [1.807, 2.05) is 0 Å². The zero-order valence-electron chi connectivity index (χ0n) is 9.58. The van der Waals surface area contributed by atoms with E-state index in [-0.39, 0.29) is 10.6 Å². The van der Waals surface area contributed by atoms with Crippen LogP contribution in [0.5, 0.6) is 0 Å². The van der Waals surface area contributed by atoms with Crippen LogP contribution in [0.15, 0.2) is 37.4 Å². The first-order valence-corrected chi connectivity index (χ1v) is 8.92. The lowest BCUT2D eigenvalue weighted by molar-refractivity contribution is 0.598. The van der Waals surface area contributed by atoms with Crippen LogP contribution in [0, 0.1) is 12.7 Å². The van der Waals surface area contributed by atoms with Crippen LogP contribution in [0.4, 0.5) is 10.1 Å². The average molecular weight is 429 g/mol. The van der Waals surface area contributed by atoms with Gasteiger partial charge in [0.05, 0.1) is 9.47 Å². The molecule has 1 N–H and O–H groups in total. The first-order chi connectivity index (χ1) is 8.79. The molecule has 0 saturated carbocycles. The molecule has 2 aromatic rings. The van der Waals surface area contributed by atoms with Gasteiger partial charge in [0.15, 0.2) is 0 Å². The minimum absolute atomic E-state index is 0.0788. The van der Waals surface area contributed by atoms with Crippen LogP contribution in [0.2, 0.25) is 0 Å². The average Bonchev–Trinajstić information content (AvgIpc) is 2.63. The molecule has 1 heterocycles. The van der Waals surface area contributed by atoms with Crippen molar-refractivity contribution in [2.75, 3.05) is 4.72 Å². The quantitative estimate of drug-likeness (QED) is 0.780. The normalized spacial score (nSPS) is 11.6. The number of nitrogens with one attached hydrogen (secondary N) is 1. The predicted octanol–water partition coefficient (Wildman–Crippen LogP) is 4.52. The monoisotopic (exact) mass is 427 g/mol. The number of thiophene rings is 1. The molecule has 1 aromatic heterocycles. The Labute approximate surface area is 131 Å². The molecule has 0 amide bonds. The zero-order chi connectivity index (χ0) is 14.2. The van der Waals surface area contributed by atoms with Gasteiger partial charge in [0.1, 0.15) is 10.7 Å². The van der Waals surface area contributed by atoms with Gasteiger partial charge in [-0.3, -0.25) is 4.72 Å². The summed E-state index contributed by atoms with van der Waals surface area (Å²) in [5, 5.41) is 0. The van der Waals surface area contributed by atoms with Gasteiger partial charge in [0.25, 0.3) is 10.0 Å². The fraction of sp³-hybridized carbons (Fsp3) is 0.0909. The number of sulfonamides is 1. The summed E-state index contributed by atoms with van der Waals surface area (Å²) in [6.07, 6.45) is 0. The fourth-order valence-corrected chi connectivity index (χ4v) is 5.29. The van der Waals surface area contributed by atoms with Gasteiger partial charge in [-0.1, -0.05) is 15.9 Å². The minimum atomic E-state index is -3.78. The van der Waals surface area contributed by atoms with Gasteiger partial charge in [0.2, 0.25) is 0 Å². The lowest BCUT2D eigenvalue weighted by Gasteiger charge is -2.08. The molecule has 0 unspecified atom stereocenters. The van der Waals surface area contributed by atoms with Gasteiger partial charge < -0.3 is 0 Å². The molecule has 0 aliphatic rings. The molecule has 0 aliphatic heterocycles.